The molecule has 1 N–H and O–H groups in total. The second kappa shape index (κ2) is 14.3. The number of carboxylic acids is 1. The first-order valence-corrected chi connectivity index (χ1v) is 14.3. The van der Waals surface area contributed by atoms with Crippen LogP contribution in [0.4, 0.5) is 5.69 Å². The van der Waals surface area contributed by atoms with Gasteiger partial charge in [-0.3, -0.25) is 14.7 Å². The van der Waals surface area contributed by atoms with Crippen molar-refractivity contribution in [1.29, 1.82) is 0 Å². The Morgan fingerprint density at radius 3 is 2.32 bits per heavy atom. The van der Waals surface area contributed by atoms with Gasteiger partial charge < -0.3 is 15.2 Å². The van der Waals surface area contributed by atoms with Crippen LogP contribution >= 0.6 is 11.6 Å². The van der Waals surface area contributed by atoms with Gasteiger partial charge in [-0.2, -0.15) is 0 Å². The van der Waals surface area contributed by atoms with Crippen molar-refractivity contribution >= 4 is 34.9 Å². The van der Waals surface area contributed by atoms with E-state index in [-0.39, 0.29) is 28.8 Å². The van der Waals surface area contributed by atoms with Crippen LogP contribution in [0.3, 0.4) is 0 Å². The smallest absolute Gasteiger partial charge is 0.305 e. The van der Waals surface area contributed by atoms with Gasteiger partial charge in [-0.1, -0.05) is 93.0 Å². The van der Waals surface area contributed by atoms with E-state index >= 15 is 0 Å². The van der Waals surface area contributed by atoms with Crippen LogP contribution in [0.5, 0.6) is 0 Å². The van der Waals surface area contributed by atoms with E-state index in [4.69, 9.17) is 16.6 Å². The van der Waals surface area contributed by atoms with E-state index in [1.54, 1.807) is 18.2 Å². The summed E-state index contributed by atoms with van der Waals surface area (Å²) in [4.78, 5) is 32.8. The Morgan fingerprint density at radius 2 is 1.71 bits per heavy atom. The molecule has 1 fully saturated rings. The third-order valence-electron chi connectivity index (χ3n) is 7.76. The van der Waals surface area contributed by atoms with E-state index in [2.05, 4.69) is 31.0 Å². The Morgan fingerprint density at radius 1 is 1.05 bits per heavy atom. The van der Waals surface area contributed by atoms with Gasteiger partial charge in [-0.05, 0) is 67.6 Å². The van der Waals surface area contributed by atoms with Crippen molar-refractivity contribution in [2.75, 3.05) is 13.1 Å². The minimum Gasteiger partial charge on any atom is -0.625 e. The van der Waals surface area contributed by atoms with Crippen LogP contribution in [-0.4, -0.2) is 46.2 Å². The number of aliphatic carboxylic acids is 1. The normalized spacial score (nSPS) is 18.1. The third kappa shape index (κ3) is 7.65. The number of hydrogen-bond donors (Lipinski definition) is 1. The molecule has 1 aliphatic rings. The standard InChI is InChI=1S/C33H38ClN3O3.Ni/c1-5-37-19-9-18-33(37,4)32(40)36-28-17-16-26(34)20-27(28)31(25-10-7-6-8-11-25)35-29(21-30(38)39)24-14-12-23(13-15-24)22(2)3;/h6-8,10-17,20,22,29H,5,9,18-19,21H2,1-4H3,(H2,35,36,38,39,40);/p-1/t29-,33+;/m0./s1. The summed E-state index contributed by atoms with van der Waals surface area (Å²) in [5.41, 5.74) is 3.67. The molecule has 0 unspecified atom stereocenters. The molecule has 0 spiro atoms. The van der Waals surface area contributed by atoms with Crippen LogP contribution in [0, 0.1) is 0 Å². The number of aliphatic imine (C=N–C) groups is 1. The van der Waals surface area contributed by atoms with Crippen LogP contribution in [0.15, 0.2) is 77.8 Å². The van der Waals surface area contributed by atoms with Crippen molar-refractivity contribution in [3.05, 3.63) is 105 Å². The van der Waals surface area contributed by atoms with E-state index in [9.17, 15) is 14.7 Å². The molecule has 0 aromatic heterocycles. The molecule has 4 rings (SSSR count). The van der Waals surface area contributed by atoms with E-state index < -0.39 is 17.6 Å². The van der Waals surface area contributed by atoms with E-state index in [1.165, 1.54) is 5.56 Å². The number of nitrogens with zero attached hydrogens (tertiary/aromatic N) is 3. The minimum absolute atomic E-state index is 0. The molecule has 8 heteroatoms. The molecule has 0 radical (unpaired) electrons. The molecule has 0 saturated carbocycles. The van der Waals surface area contributed by atoms with E-state index in [0.29, 0.717) is 27.9 Å². The zero-order valence-corrected chi connectivity index (χ0v) is 25.7. The zero-order valence-electron chi connectivity index (χ0n) is 23.9. The van der Waals surface area contributed by atoms with Gasteiger partial charge in [0.15, 0.2) is 0 Å². The number of carbonyl (C=O) groups is 2. The van der Waals surface area contributed by atoms with Crippen LogP contribution in [-0.2, 0) is 26.1 Å². The van der Waals surface area contributed by atoms with Crippen LogP contribution < -0.4 is 0 Å². The molecular formula is C33H37ClN3NiO3-. The van der Waals surface area contributed by atoms with Gasteiger partial charge in [-0.15, -0.1) is 5.69 Å². The van der Waals surface area contributed by atoms with Crippen LogP contribution in [0.2, 0.25) is 5.02 Å². The summed E-state index contributed by atoms with van der Waals surface area (Å²) < 4.78 is 0. The van der Waals surface area contributed by atoms with Crippen molar-refractivity contribution in [1.82, 2.24) is 4.90 Å². The first-order valence-electron chi connectivity index (χ1n) is 13.9. The summed E-state index contributed by atoms with van der Waals surface area (Å²) in [7, 11) is 0. The predicted octanol–water partition coefficient (Wildman–Crippen LogP) is 7.92. The molecule has 220 valence electrons. The zero-order chi connectivity index (χ0) is 28.9. The molecule has 2 atom stereocenters. The van der Waals surface area contributed by atoms with Gasteiger partial charge in [0, 0.05) is 27.1 Å². The number of likely N-dealkylation sites (tertiary alicyclic amines) is 1. The van der Waals surface area contributed by atoms with Gasteiger partial charge >= 0.3 is 5.97 Å². The number of likely N-dealkylation sites (N-methyl/N-ethyl adjacent to an activating group) is 1. The number of rotatable bonds is 10. The summed E-state index contributed by atoms with van der Waals surface area (Å²) in [5, 5.41) is 14.9. The van der Waals surface area contributed by atoms with Gasteiger partial charge in [0.25, 0.3) is 0 Å². The van der Waals surface area contributed by atoms with Gasteiger partial charge in [0.1, 0.15) is 0 Å². The Bertz CT molecular complexity index is 1380. The summed E-state index contributed by atoms with van der Waals surface area (Å²) in [6.07, 6.45) is 1.51. The van der Waals surface area contributed by atoms with Crippen LogP contribution in [0.25, 0.3) is 5.32 Å². The van der Waals surface area contributed by atoms with Crippen molar-refractivity contribution in [3.63, 3.8) is 0 Å². The van der Waals surface area contributed by atoms with Crippen molar-refractivity contribution in [3.8, 4) is 0 Å². The Hall–Kier alpha value is -2.99. The second-order valence-corrected chi connectivity index (χ2v) is 11.3. The Balaban J connectivity index is 0.00000462. The fraction of sp³-hybridized carbons (Fsp3) is 0.364. The maximum Gasteiger partial charge on any atom is 0.305 e. The van der Waals surface area contributed by atoms with Gasteiger partial charge in [0.05, 0.1) is 29.6 Å². The molecule has 3 aromatic carbocycles. The first kappa shape index (κ1) is 32.5. The Labute approximate surface area is 258 Å². The molecule has 41 heavy (non-hydrogen) atoms. The monoisotopic (exact) mass is 616 g/mol. The summed E-state index contributed by atoms with van der Waals surface area (Å²) in [6, 6.07) is 22.1. The minimum atomic E-state index is -0.950. The van der Waals surface area contributed by atoms with E-state index in [0.717, 1.165) is 37.1 Å². The number of hydrogen-bond acceptors (Lipinski definition) is 4. The van der Waals surface area contributed by atoms with Crippen LogP contribution in [0.1, 0.15) is 81.2 Å². The van der Waals surface area contributed by atoms with E-state index in [1.807, 2.05) is 61.5 Å². The summed E-state index contributed by atoms with van der Waals surface area (Å²) in [6.45, 7) is 9.89. The molecular weight excluding hydrogens is 581 g/mol. The molecule has 0 bridgehead atoms. The van der Waals surface area contributed by atoms with Crippen molar-refractivity contribution in [2.45, 2.75) is 64.5 Å². The topological polar surface area (TPSA) is 84.1 Å². The largest absolute Gasteiger partial charge is 0.625 e. The average Bonchev–Trinajstić information content (AvgIpc) is 3.34. The average molecular weight is 618 g/mol. The quantitative estimate of drug-likeness (QED) is 0.185. The number of carbonyl (C=O) groups excluding carboxylic acids is 1. The summed E-state index contributed by atoms with van der Waals surface area (Å²) >= 11 is 6.49. The number of benzene rings is 3. The molecule has 1 aliphatic heterocycles. The maximum atomic E-state index is 13.6. The number of halogens is 1. The summed E-state index contributed by atoms with van der Waals surface area (Å²) in [5.74, 6) is -0.794. The molecule has 1 heterocycles. The maximum absolute atomic E-state index is 13.6. The number of carboxylic acid groups (broad SMARTS) is 1. The first-order chi connectivity index (χ1) is 19.1. The predicted molar refractivity (Wildman–Crippen MR) is 162 cm³/mol. The fourth-order valence-corrected chi connectivity index (χ4v) is 5.52. The third-order valence-corrected chi connectivity index (χ3v) is 7.99. The van der Waals surface area contributed by atoms with Gasteiger partial charge in [0.2, 0.25) is 0 Å². The second-order valence-electron chi connectivity index (χ2n) is 10.8. The van der Waals surface area contributed by atoms with Crippen molar-refractivity contribution < 1.29 is 31.2 Å². The van der Waals surface area contributed by atoms with Crippen molar-refractivity contribution in [2.24, 2.45) is 4.99 Å². The molecule has 1 saturated heterocycles. The van der Waals surface area contributed by atoms with Gasteiger partial charge in [-0.25, -0.2) is 0 Å². The number of amides is 1. The molecule has 3 aromatic rings. The molecule has 6 nitrogen and oxygen atoms in total. The fourth-order valence-electron chi connectivity index (χ4n) is 5.35. The molecule has 1 amide bonds. The Kier molecular flexibility index (Phi) is 11.3. The molecule has 0 aliphatic carbocycles. The SMILES string of the molecule is CCN1CCC[C@]1(C)C(=O)[N-]c1ccc(Cl)cc1C(=N[C@@H](CC(=O)O)c1ccc(C(C)C)cc1)c1ccccc1.[Ni].